The molecule has 0 bridgehead atoms. The van der Waals surface area contributed by atoms with Crippen LogP contribution in [0.25, 0.3) is 0 Å². The van der Waals surface area contributed by atoms with Crippen molar-refractivity contribution in [3.63, 3.8) is 0 Å². The van der Waals surface area contributed by atoms with Crippen LogP contribution in [0, 0.1) is 0 Å². The first-order chi connectivity index (χ1) is 9.03. The highest BCUT2D eigenvalue weighted by atomic mass is 35.5. The molecule has 19 heavy (non-hydrogen) atoms. The van der Waals surface area contributed by atoms with E-state index >= 15 is 0 Å². The molecule has 0 aliphatic rings. The highest BCUT2D eigenvalue weighted by Gasteiger charge is 2.15. The summed E-state index contributed by atoms with van der Waals surface area (Å²) in [4.78, 5) is 0.158. The van der Waals surface area contributed by atoms with E-state index in [2.05, 4.69) is 4.72 Å². The van der Waals surface area contributed by atoms with Crippen LogP contribution in [-0.4, -0.2) is 8.42 Å². The van der Waals surface area contributed by atoms with E-state index in [1.54, 1.807) is 24.3 Å². The fourth-order valence-corrected chi connectivity index (χ4v) is 3.17. The Bertz CT molecular complexity index is 683. The standard InChI is InChI=1S/C14H14ClNO2S/c1-2-11-6-3-4-9-14(11)16-19(17,18)13-8-5-7-12(15)10-13/h3-10,16H,2H2,1H3. The van der Waals surface area contributed by atoms with Gasteiger partial charge in [0, 0.05) is 5.02 Å². The lowest BCUT2D eigenvalue weighted by atomic mass is 10.1. The van der Waals surface area contributed by atoms with E-state index < -0.39 is 10.0 Å². The van der Waals surface area contributed by atoms with Gasteiger partial charge in [0.15, 0.2) is 0 Å². The molecule has 0 atom stereocenters. The fraction of sp³-hybridized carbons (Fsp3) is 0.143. The predicted molar refractivity (Wildman–Crippen MR) is 78.1 cm³/mol. The largest absolute Gasteiger partial charge is 0.279 e. The fourth-order valence-electron chi connectivity index (χ4n) is 1.77. The molecule has 0 unspecified atom stereocenters. The SMILES string of the molecule is CCc1ccccc1NS(=O)(=O)c1cccc(Cl)c1. The van der Waals surface area contributed by atoms with Crippen molar-refractivity contribution < 1.29 is 8.42 Å². The van der Waals surface area contributed by atoms with E-state index in [4.69, 9.17) is 11.6 Å². The van der Waals surface area contributed by atoms with Crippen molar-refractivity contribution in [3.05, 3.63) is 59.1 Å². The first kappa shape index (κ1) is 13.9. The molecule has 2 rings (SSSR count). The third kappa shape index (κ3) is 3.28. The van der Waals surface area contributed by atoms with E-state index in [1.165, 1.54) is 12.1 Å². The normalized spacial score (nSPS) is 11.3. The van der Waals surface area contributed by atoms with Crippen molar-refractivity contribution in [2.24, 2.45) is 0 Å². The van der Waals surface area contributed by atoms with Crippen molar-refractivity contribution >= 4 is 27.3 Å². The topological polar surface area (TPSA) is 46.2 Å². The third-order valence-electron chi connectivity index (χ3n) is 2.75. The van der Waals surface area contributed by atoms with E-state index in [0.717, 1.165) is 12.0 Å². The lowest BCUT2D eigenvalue weighted by Gasteiger charge is -2.11. The zero-order valence-corrected chi connectivity index (χ0v) is 12.0. The number of nitrogens with one attached hydrogen (secondary N) is 1. The third-order valence-corrected chi connectivity index (χ3v) is 4.35. The summed E-state index contributed by atoms with van der Waals surface area (Å²) in [5, 5.41) is 0.395. The van der Waals surface area contributed by atoms with Crippen LogP contribution in [0.1, 0.15) is 12.5 Å². The van der Waals surface area contributed by atoms with Crippen LogP contribution in [-0.2, 0) is 16.4 Å². The van der Waals surface area contributed by atoms with E-state index in [-0.39, 0.29) is 4.90 Å². The molecule has 0 radical (unpaired) electrons. The van der Waals surface area contributed by atoms with Gasteiger partial charge < -0.3 is 0 Å². The smallest absolute Gasteiger partial charge is 0.261 e. The molecule has 0 aromatic heterocycles. The summed E-state index contributed by atoms with van der Waals surface area (Å²) >= 11 is 5.82. The zero-order valence-electron chi connectivity index (χ0n) is 10.4. The summed E-state index contributed by atoms with van der Waals surface area (Å²) in [5.41, 5.74) is 1.55. The van der Waals surface area contributed by atoms with Crippen LogP contribution in [0.5, 0.6) is 0 Å². The van der Waals surface area contributed by atoms with Crippen molar-refractivity contribution in [2.45, 2.75) is 18.2 Å². The number of anilines is 1. The van der Waals surface area contributed by atoms with E-state index in [0.29, 0.717) is 10.7 Å². The summed E-state index contributed by atoms with van der Waals surface area (Å²) in [6.07, 6.45) is 0.758. The minimum atomic E-state index is -3.60. The number of halogens is 1. The first-order valence-electron chi connectivity index (χ1n) is 5.89. The van der Waals surface area contributed by atoms with Crippen molar-refractivity contribution in [3.8, 4) is 0 Å². The number of benzene rings is 2. The Labute approximate surface area is 118 Å². The van der Waals surface area contributed by atoms with Gasteiger partial charge in [-0.2, -0.15) is 0 Å². The van der Waals surface area contributed by atoms with Crippen LogP contribution in [0.4, 0.5) is 5.69 Å². The summed E-state index contributed by atoms with van der Waals surface area (Å²) in [6.45, 7) is 1.98. The average Bonchev–Trinajstić information content (AvgIpc) is 2.39. The van der Waals surface area contributed by atoms with Crippen LogP contribution in [0.3, 0.4) is 0 Å². The van der Waals surface area contributed by atoms with Crippen LogP contribution >= 0.6 is 11.6 Å². The van der Waals surface area contributed by atoms with Gasteiger partial charge >= 0.3 is 0 Å². The number of aryl methyl sites for hydroxylation is 1. The molecule has 0 spiro atoms. The molecule has 0 heterocycles. The van der Waals surface area contributed by atoms with Gasteiger partial charge in [0.05, 0.1) is 10.6 Å². The molecule has 0 saturated carbocycles. The van der Waals surface area contributed by atoms with Crippen LogP contribution < -0.4 is 4.72 Å². The molecule has 3 nitrogen and oxygen atoms in total. The van der Waals surface area contributed by atoms with Crippen molar-refractivity contribution in [2.75, 3.05) is 4.72 Å². The number of hydrogen-bond acceptors (Lipinski definition) is 2. The Morgan fingerprint density at radius 2 is 1.84 bits per heavy atom. The van der Waals surface area contributed by atoms with Gasteiger partial charge in [-0.05, 0) is 36.2 Å². The van der Waals surface area contributed by atoms with Gasteiger partial charge in [-0.15, -0.1) is 0 Å². The Morgan fingerprint density at radius 1 is 1.11 bits per heavy atom. The Morgan fingerprint density at radius 3 is 2.53 bits per heavy atom. The van der Waals surface area contributed by atoms with Crippen LogP contribution in [0.2, 0.25) is 5.02 Å². The quantitative estimate of drug-likeness (QED) is 0.935. The molecule has 100 valence electrons. The van der Waals surface area contributed by atoms with Crippen LogP contribution in [0.15, 0.2) is 53.4 Å². The maximum absolute atomic E-state index is 12.3. The predicted octanol–water partition coefficient (Wildman–Crippen LogP) is 3.70. The highest BCUT2D eigenvalue weighted by Crippen LogP contribution is 2.22. The number of sulfonamides is 1. The van der Waals surface area contributed by atoms with Gasteiger partial charge in [-0.3, -0.25) is 4.72 Å². The van der Waals surface area contributed by atoms with Gasteiger partial charge in [0.25, 0.3) is 10.0 Å². The van der Waals surface area contributed by atoms with Gasteiger partial charge in [0.1, 0.15) is 0 Å². The second-order valence-corrected chi connectivity index (χ2v) is 6.19. The minimum Gasteiger partial charge on any atom is -0.279 e. The van der Waals surface area contributed by atoms with E-state index in [9.17, 15) is 8.42 Å². The molecular formula is C14H14ClNO2S. The Hall–Kier alpha value is -1.52. The number of para-hydroxylation sites is 1. The van der Waals surface area contributed by atoms with E-state index in [1.807, 2.05) is 19.1 Å². The average molecular weight is 296 g/mol. The van der Waals surface area contributed by atoms with Gasteiger partial charge in [-0.25, -0.2) is 8.42 Å². The summed E-state index contributed by atoms with van der Waals surface area (Å²) < 4.78 is 27.1. The Kier molecular flexibility index (Phi) is 4.12. The lowest BCUT2D eigenvalue weighted by Crippen LogP contribution is -2.14. The van der Waals surface area contributed by atoms with Crippen molar-refractivity contribution in [1.29, 1.82) is 0 Å². The van der Waals surface area contributed by atoms with Gasteiger partial charge in [-0.1, -0.05) is 42.8 Å². The van der Waals surface area contributed by atoms with Gasteiger partial charge in [0.2, 0.25) is 0 Å². The molecule has 0 amide bonds. The zero-order chi connectivity index (χ0) is 13.9. The molecule has 1 N–H and O–H groups in total. The summed E-state index contributed by atoms with van der Waals surface area (Å²) in [6, 6.07) is 13.5. The summed E-state index contributed by atoms with van der Waals surface area (Å²) in [7, 11) is -3.60. The van der Waals surface area contributed by atoms with Crippen molar-refractivity contribution in [1.82, 2.24) is 0 Å². The Balaban J connectivity index is 2.37. The lowest BCUT2D eigenvalue weighted by molar-refractivity contribution is 0.601. The molecule has 0 saturated heterocycles. The monoisotopic (exact) mass is 295 g/mol. The molecule has 2 aromatic carbocycles. The maximum Gasteiger partial charge on any atom is 0.261 e. The minimum absolute atomic E-state index is 0.158. The second kappa shape index (κ2) is 5.63. The molecule has 0 aliphatic heterocycles. The maximum atomic E-state index is 12.3. The molecule has 5 heteroatoms. The first-order valence-corrected chi connectivity index (χ1v) is 7.75. The number of hydrogen-bond donors (Lipinski definition) is 1. The summed E-state index contributed by atoms with van der Waals surface area (Å²) in [5.74, 6) is 0. The molecule has 0 aliphatic carbocycles. The molecular weight excluding hydrogens is 282 g/mol. The number of rotatable bonds is 4. The second-order valence-electron chi connectivity index (χ2n) is 4.07. The molecule has 0 fully saturated rings. The molecule has 2 aromatic rings. The highest BCUT2D eigenvalue weighted by molar-refractivity contribution is 7.92.